The van der Waals surface area contributed by atoms with Gasteiger partial charge in [0.15, 0.2) is 0 Å². The van der Waals surface area contributed by atoms with Gasteiger partial charge in [-0.1, -0.05) is 43.0 Å². The van der Waals surface area contributed by atoms with E-state index in [2.05, 4.69) is 6.58 Å². The summed E-state index contributed by atoms with van der Waals surface area (Å²) in [5.74, 6) is 0.0669. The normalized spacial score (nSPS) is 18.7. The minimum atomic E-state index is -0.726. The van der Waals surface area contributed by atoms with Crippen LogP contribution in [0.3, 0.4) is 0 Å². The van der Waals surface area contributed by atoms with Crippen LogP contribution in [0.2, 0.25) is 0 Å². The molecule has 1 aromatic carbocycles. The molecule has 0 radical (unpaired) electrons. The first-order chi connectivity index (χ1) is 10.7. The fourth-order valence-electron chi connectivity index (χ4n) is 1.92. The zero-order valence-electron chi connectivity index (χ0n) is 12.1. The zero-order chi connectivity index (χ0) is 15.8. The number of carbonyl (C=O) groups is 1. The van der Waals surface area contributed by atoms with Crippen molar-refractivity contribution >= 4 is 12.0 Å². The lowest BCUT2D eigenvalue weighted by Gasteiger charge is -2.16. The summed E-state index contributed by atoms with van der Waals surface area (Å²) in [6, 6.07) is 9.77. The maximum atomic E-state index is 10.9. The number of benzene rings is 1. The van der Waals surface area contributed by atoms with E-state index < -0.39 is 12.1 Å². The summed E-state index contributed by atoms with van der Waals surface area (Å²) >= 11 is 0. The highest BCUT2D eigenvalue weighted by molar-refractivity contribution is 5.81. The molecule has 22 heavy (non-hydrogen) atoms. The van der Waals surface area contributed by atoms with Crippen LogP contribution in [0.5, 0.6) is 0 Å². The molecule has 0 spiro atoms. The summed E-state index contributed by atoms with van der Waals surface area (Å²) in [6.07, 6.45) is 7.49. The van der Waals surface area contributed by atoms with Gasteiger partial charge in [-0.05, 0) is 29.4 Å². The van der Waals surface area contributed by atoms with Crippen molar-refractivity contribution < 1.29 is 19.4 Å². The highest BCUT2D eigenvalue weighted by Gasteiger charge is 2.12. The van der Waals surface area contributed by atoms with Gasteiger partial charge in [-0.2, -0.15) is 0 Å². The maximum Gasteiger partial charge on any atom is 0.330 e. The number of carbonyl (C=O) groups excluding carboxylic acids is 1. The van der Waals surface area contributed by atoms with Crippen LogP contribution in [0.1, 0.15) is 5.56 Å². The summed E-state index contributed by atoms with van der Waals surface area (Å²) in [5.41, 5.74) is 1.81. The Hall–Kier alpha value is -2.59. The van der Waals surface area contributed by atoms with Gasteiger partial charge in [0.25, 0.3) is 0 Å². The van der Waals surface area contributed by atoms with E-state index in [4.69, 9.17) is 9.47 Å². The van der Waals surface area contributed by atoms with Crippen molar-refractivity contribution in [1.29, 1.82) is 0 Å². The van der Waals surface area contributed by atoms with Crippen molar-refractivity contribution in [1.82, 2.24) is 0 Å². The summed E-state index contributed by atoms with van der Waals surface area (Å²) in [4.78, 5) is 10.9. The Morgan fingerprint density at radius 3 is 2.68 bits per heavy atom. The summed E-state index contributed by atoms with van der Waals surface area (Å²) in [6.45, 7) is 3.66. The molecule has 114 valence electrons. The summed E-state index contributed by atoms with van der Waals surface area (Å²) < 4.78 is 10.2. The van der Waals surface area contributed by atoms with Gasteiger partial charge in [-0.3, -0.25) is 0 Å². The number of rotatable bonds is 6. The molecular formula is C18H18O4. The molecule has 0 saturated carbocycles. The van der Waals surface area contributed by atoms with Gasteiger partial charge in [-0.15, -0.1) is 0 Å². The lowest BCUT2D eigenvalue weighted by atomic mass is 10.0. The van der Waals surface area contributed by atoms with Crippen LogP contribution in [0, 0.1) is 0 Å². The van der Waals surface area contributed by atoms with E-state index in [0.29, 0.717) is 5.76 Å². The molecule has 1 aliphatic rings. The van der Waals surface area contributed by atoms with Crippen LogP contribution in [0.25, 0.3) is 6.08 Å². The Bertz CT molecular complexity index is 611. The fraction of sp³-hybridized carbons (Fsp3) is 0.167. The number of allylic oxidation sites excluding steroid dienone is 1. The van der Waals surface area contributed by atoms with E-state index in [1.807, 2.05) is 42.5 Å². The van der Waals surface area contributed by atoms with E-state index in [0.717, 1.165) is 17.2 Å². The Labute approximate surface area is 129 Å². The molecule has 0 aromatic heterocycles. The standard InChI is InChI=1S/C18H18O4/c1-2-18(20)22-11-10-21-16-9-8-15(17(19)13-16)12-14-6-4-3-5-7-14/h2-9,12-13,17,19H,1,10-11H2. The summed E-state index contributed by atoms with van der Waals surface area (Å²) in [5, 5.41) is 10.1. The third-order valence-corrected chi connectivity index (χ3v) is 3.00. The Morgan fingerprint density at radius 2 is 2.00 bits per heavy atom. The number of ether oxygens (including phenoxy) is 2. The molecule has 1 aromatic rings. The molecule has 1 unspecified atom stereocenters. The molecule has 0 aliphatic heterocycles. The number of hydrogen-bond donors (Lipinski definition) is 1. The van der Waals surface area contributed by atoms with Crippen molar-refractivity contribution in [3.05, 3.63) is 78.1 Å². The molecular weight excluding hydrogens is 280 g/mol. The molecule has 4 nitrogen and oxygen atoms in total. The monoisotopic (exact) mass is 298 g/mol. The lowest BCUT2D eigenvalue weighted by Crippen LogP contribution is -2.13. The van der Waals surface area contributed by atoms with E-state index in [1.54, 1.807) is 12.2 Å². The molecule has 0 saturated heterocycles. The van der Waals surface area contributed by atoms with E-state index >= 15 is 0 Å². The van der Waals surface area contributed by atoms with Crippen molar-refractivity contribution in [2.24, 2.45) is 0 Å². The van der Waals surface area contributed by atoms with Crippen LogP contribution in [0.4, 0.5) is 0 Å². The molecule has 1 atom stereocenters. The van der Waals surface area contributed by atoms with Gasteiger partial charge in [-0.25, -0.2) is 4.79 Å². The summed E-state index contributed by atoms with van der Waals surface area (Å²) in [7, 11) is 0. The number of hydrogen-bond acceptors (Lipinski definition) is 4. The minimum absolute atomic E-state index is 0.138. The van der Waals surface area contributed by atoms with Crippen molar-refractivity contribution in [3.8, 4) is 0 Å². The Balaban J connectivity index is 1.87. The second-order valence-electron chi connectivity index (χ2n) is 4.62. The van der Waals surface area contributed by atoms with Gasteiger partial charge in [0, 0.05) is 6.08 Å². The fourth-order valence-corrected chi connectivity index (χ4v) is 1.92. The quantitative estimate of drug-likeness (QED) is 0.498. The van der Waals surface area contributed by atoms with Crippen LogP contribution in [-0.2, 0) is 14.3 Å². The first-order valence-electron chi connectivity index (χ1n) is 6.95. The first-order valence-corrected chi connectivity index (χ1v) is 6.95. The molecule has 1 aliphatic carbocycles. The van der Waals surface area contributed by atoms with Gasteiger partial charge in [0.05, 0.1) is 0 Å². The molecule has 0 fully saturated rings. The zero-order valence-corrected chi connectivity index (χ0v) is 12.1. The number of esters is 1. The molecule has 1 N–H and O–H groups in total. The molecule has 0 bridgehead atoms. The lowest BCUT2D eigenvalue weighted by molar-refractivity contribution is -0.138. The van der Waals surface area contributed by atoms with Gasteiger partial charge < -0.3 is 14.6 Å². The van der Waals surface area contributed by atoms with Gasteiger partial charge in [0.1, 0.15) is 25.1 Å². The van der Waals surface area contributed by atoms with Gasteiger partial charge >= 0.3 is 5.97 Å². The highest BCUT2D eigenvalue weighted by Crippen LogP contribution is 2.19. The first kappa shape index (κ1) is 15.8. The second-order valence-corrected chi connectivity index (χ2v) is 4.62. The minimum Gasteiger partial charge on any atom is -0.490 e. The average molecular weight is 298 g/mol. The largest absolute Gasteiger partial charge is 0.490 e. The Kier molecular flexibility index (Phi) is 5.74. The predicted molar refractivity (Wildman–Crippen MR) is 84.8 cm³/mol. The van der Waals surface area contributed by atoms with Crippen LogP contribution >= 0.6 is 0 Å². The van der Waals surface area contributed by atoms with Crippen LogP contribution in [-0.4, -0.2) is 30.4 Å². The van der Waals surface area contributed by atoms with Crippen molar-refractivity contribution in [2.75, 3.05) is 13.2 Å². The number of aliphatic hydroxyl groups excluding tert-OH is 1. The average Bonchev–Trinajstić information content (AvgIpc) is 2.54. The Morgan fingerprint density at radius 1 is 1.23 bits per heavy atom. The van der Waals surface area contributed by atoms with Crippen molar-refractivity contribution in [2.45, 2.75) is 6.10 Å². The molecule has 0 heterocycles. The molecule has 0 amide bonds. The van der Waals surface area contributed by atoms with Crippen molar-refractivity contribution in [3.63, 3.8) is 0 Å². The van der Waals surface area contributed by atoms with Crippen LogP contribution < -0.4 is 0 Å². The van der Waals surface area contributed by atoms with Crippen LogP contribution in [0.15, 0.2) is 72.5 Å². The van der Waals surface area contributed by atoms with E-state index in [1.165, 1.54) is 0 Å². The third-order valence-electron chi connectivity index (χ3n) is 3.00. The SMILES string of the molecule is C=CC(=O)OCCOC1=CC(O)C(=Cc2ccccc2)C=C1. The molecule has 4 heteroatoms. The predicted octanol–water partition coefficient (Wildman–Crippen LogP) is 2.63. The maximum absolute atomic E-state index is 10.9. The third kappa shape index (κ3) is 4.75. The van der Waals surface area contributed by atoms with E-state index in [9.17, 15) is 9.90 Å². The molecule has 2 rings (SSSR count). The topological polar surface area (TPSA) is 55.8 Å². The highest BCUT2D eigenvalue weighted by atomic mass is 16.6. The van der Waals surface area contributed by atoms with E-state index in [-0.39, 0.29) is 13.2 Å². The number of aliphatic hydroxyl groups is 1. The second kappa shape index (κ2) is 8.00. The van der Waals surface area contributed by atoms with Gasteiger partial charge in [0.2, 0.25) is 0 Å². The smallest absolute Gasteiger partial charge is 0.330 e.